The maximum Gasteiger partial charge on any atom is 0.192 e. The normalized spacial score (nSPS) is 22.8. The maximum absolute atomic E-state index is 10.5. The zero-order valence-corrected chi connectivity index (χ0v) is 20.8. The Hall–Kier alpha value is -1.68. The molecule has 0 amide bonds. The first-order chi connectivity index (χ1) is 13.9. The van der Waals surface area contributed by atoms with E-state index in [1.807, 2.05) is 36.7 Å². The summed E-state index contributed by atoms with van der Waals surface area (Å²) in [5.41, 5.74) is 1.05. The zero-order chi connectivity index (χ0) is 20.9. The lowest BCUT2D eigenvalue weighted by atomic mass is 9.73. The number of aliphatic imine (C=N–C) groups is 1. The van der Waals surface area contributed by atoms with Crippen molar-refractivity contribution in [1.82, 2.24) is 25.4 Å². The fraction of sp³-hybridized carbons (Fsp3) is 0.591. The van der Waals surface area contributed by atoms with Crippen LogP contribution in [0.3, 0.4) is 0 Å². The molecule has 0 saturated heterocycles. The SMILES string of the molecule is Cc1nnc(CN=C(NCC2(C)CCCCC2O)NC(C)c2ccccc2)n1C.I. The Labute approximate surface area is 196 Å². The lowest BCUT2D eigenvalue weighted by molar-refractivity contribution is 0.00395. The van der Waals surface area contributed by atoms with E-state index in [1.165, 1.54) is 5.56 Å². The van der Waals surface area contributed by atoms with E-state index in [2.05, 4.69) is 46.8 Å². The number of nitrogens with zero attached hydrogens (tertiary/aromatic N) is 4. The largest absolute Gasteiger partial charge is 0.392 e. The van der Waals surface area contributed by atoms with Crippen LogP contribution in [0.5, 0.6) is 0 Å². The molecule has 3 unspecified atom stereocenters. The van der Waals surface area contributed by atoms with Crippen LogP contribution in [0.4, 0.5) is 0 Å². The topological polar surface area (TPSA) is 87.4 Å². The first-order valence-corrected chi connectivity index (χ1v) is 10.5. The molecular weight excluding hydrogens is 491 g/mol. The van der Waals surface area contributed by atoms with Gasteiger partial charge in [-0.25, -0.2) is 4.99 Å². The van der Waals surface area contributed by atoms with Gasteiger partial charge in [0.25, 0.3) is 0 Å². The molecule has 0 bridgehead atoms. The number of rotatable bonds is 6. The van der Waals surface area contributed by atoms with E-state index < -0.39 is 0 Å². The van der Waals surface area contributed by atoms with Crippen molar-refractivity contribution in [2.24, 2.45) is 17.5 Å². The number of benzene rings is 1. The smallest absolute Gasteiger partial charge is 0.192 e. The number of hydrogen-bond acceptors (Lipinski definition) is 4. The number of guanidine groups is 1. The van der Waals surface area contributed by atoms with E-state index >= 15 is 0 Å². The van der Waals surface area contributed by atoms with Crippen molar-refractivity contribution < 1.29 is 5.11 Å². The number of halogens is 1. The van der Waals surface area contributed by atoms with E-state index in [4.69, 9.17) is 4.99 Å². The number of aryl methyl sites for hydroxylation is 1. The van der Waals surface area contributed by atoms with Crippen LogP contribution in [0.15, 0.2) is 35.3 Å². The molecule has 30 heavy (non-hydrogen) atoms. The monoisotopic (exact) mass is 526 g/mol. The number of aliphatic hydroxyl groups is 1. The number of hydrogen-bond donors (Lipinski definition) is 3. The van der Waals surface area contributed by atoms with Crippen LogP contribution in [0.1, 0.15) is 62.8 Å². The Kier molecular flexibility index (Phi) is 9.09. The van der Waals surface area contributed by atoms with Crippen LogP contribution < -0.4 is 10.6 Å². The maximum atomic E-state index is 10.5. The second-order valence-electron chi connectivity index (χ2n) is 8.43. The summed E-state index contributed by atoms with van der Waals surface area (Å²) in [6.45, 7) is 7.33. The average molecular weight is 526 g/mol. The van der Waals surface area contributed by atoms with Crippen LogP contribution in [-0.2, 0) is 13.6 Å². The molecule has 1 aliphatic carbocycles. The molecule has 3 atom stereocenters. The number of aliphatic hydroxyl groups excluding tert-OH is 1. The summed E-state index contributed by atoms with van der Waals surface area (Å²) < 4.78 is 1.95. The van der Waals surface area contributed by atoms with Crippen molar-refractivity contribution in [1.29, 1.82) is 0 Å². The first kappa shape index (κ1) is 24.6. The molecule has 7 nitrogen and oxygen atoms in total. The standard InChI is InChI=1S/C22H34N6O.HI/c1-16(18-10-6-5-7-11-18)25-21(23-14-20-27-26-17(2)28(20)4)24-15-22(3)13-9-8-12-19(22)29;/h5-7,10-11,16,19,29H,8-9,12-15H2,1-4H3,(H2,23,24,25);1H. The van der Waals surface area contributed by atoms with Crippen molar-refractivity contribution in [2.45, 2.75) is 65.1 Å². The van der Waals surface area contributed by atoms with Gasteiger partial charge in [0.2, 0.25) is 0 Å². The van der Waals surface area contributed by atoms with E-state index in [-0.39, 0.29) is 41.5 Å². The third kappa shape index (κ3) is 6.16. The molecule has 166 valence electrons. The van der Waals surface area contributed by atoms with Gasteiger partial charge in [0.15, 0.2) is 11.8 Å². The Bertz CT molecular complexity index is 824. The number of nitrogens with one attached hydrogen (secondary N) is 2. The van der Waals surface area contributed by atoms with Gasteiger partial charge in [-0.15, -0.1) is 34.2 Å². The minimum Gasteiger partial charge on any atom is -0.392 e. The lowest BCUT2D eigenvalue weighted by Gasteiger charge is -2.39. The van der Waals surface area contributed by atoms with Gasteiger partial charge in [-0.05, 0) is 32.3 Å². The summed E-state index contributed by atoms with van der Waals surface area (Å²) >= 11 is 0. The van der Waals surface area contributed by atoms with Crippen LogP contribution in [-0.4, -0.2) is 38.5 Å². The molecular formula is C22H35IN6O. The van der Waals surface area contributed by atoms with Crippen molar-refractivity contribution in [3.05, 3.63) is 47.5 Å². The quantitative estimate of drug-likeness (QED) is 0.305. The third-order valence-electron chi connectivity index (χ3n) is 6.15. The molecule has 8 heteroatoms. The molecule has 0 radical (unpaired) electrons. The Morgan fingerprint density at radius 3 is 2.67 bits per heavy atom. The van der Waals surface area contributed by atoms with E-state index in [1.54, 1.807) is 0 Å². The van der Waals surface area contributed by atoms with Gasteiger partial charge >= 0.3 is 0 Å². The molecule has 0 aliphatic heterocycles. The Balaban J connectivity index is 0.00000320. The van der Waals surface area contributed by atoms with Crippen LogP contribution >= 0.6 is 24.0 Å². The van der Waals surface area contributed by atoms with E-state index in [9.17, 15) is 5.11 Å². The van der Waals surface area contributed by atoms with Crippen molar-refractivity contribution in [3.8, 4) is 0 Å². The fourth-order valence-corrected chi connectivity index (χ4v) is 3.79. The highest BCUT2D eigenvalue weighted by atomic mass is 127. The Morgan fingerprint density at radius 2 is 2.03 bits per heavy atom. The van der Waals surface area contributed by atoms with Crippen LogP contribution in [0.2, 0.25) is 0 Å². The summed E-state index contributed by atoms with van der Waals surface area (Å²) in [5, 5.41) is 25.8. The lowest BCUT2D eigenvalue weighted by Crippen LogP contribution is -2.48. The van der Waals surface area contributed by atoms with Gasteiger partial charge in [0.1, 0.15) is 12.4 Å². The summed E-state index contributed by atoms with van der Waals surface area (Å²) in [7, 11) is 1.95. The summed E-state index contributed by atoms with van der Waals surface area (Å²) in [6, 6.07) is 10.4. The first-order valence-electron chi connectivity index (χ1n) is 10.5. The average Bonchev–Trinajstić information content (AvgIpc) is 3.05. The molecule has 1 heterocycles. The minimum absolute atomic E-state index is 0. The third-order valence-corrected chi connectivity index (χ3v) is 6.15. The van der Waals surface area contributed by atoms with Gasteiger partial charge in [0.05, 0.1) is 12.1 Å². The minimum atomic E-state index is -0.280. The molecule has 1 saturated carbocycles. The molecule has 3 N–H and O–H groups in total. The van der Waals surface area contributed by atoms with Gasteiger partial charge in [-0.1, -0.05) is 50.1 Å². The van der Waals surface area contributed by atoms with Crippen LogP contribution in [0.25, 0.3) is 0 Å². The molecule has 0 spiro atoms. The van der Waals surface area contributed by atoms with E-state index in [0.29, 0.717) is 13.1 Å². The van der Waals surface area contributed by atoms with Gasteiger partial charge in [0, 0.05) is 19.0 Å². The summed E-state index contributed by atoms with van der Waals surface area (Å²) in [4.78, 5) is 4.76. The molecule has 1 aliphatic rings. The van der Waals surface area contributed by atoms with E-state index in [0.717, 1.165) is 43.3 Å². The Morgan fingerprint density at radius 1 is 1.30 bits per heavy atom. The van der Waals surface area contributed by atoms with Gasteiger partial charge in [-0.2, -0.15) is 0 Å². The zero-order valence-electron chi connectivity index (χ0n) is 18.4. The molecule has 1 fully saturated rings. The van der Waals surface area contributed by atoms with Crippen LogP contribution in [0, 0.1) is 12.3 Å². The highest BCUT2D eigenvalue weighted by molar-refractivity contribution is 14.0. The summed E-state index contributed by atoms with van der Waals surface area (Å²) in [6.07, 6.45) is 3.88. The molecule has 2 aromatic rings. The molecule has 3 rings (SSSR count). The van der Waals surface area contributed by atoms with Gasteiger partial charge in [-0.3, -0.25) is 0 Å². The predicted octanol–water partition coefficient (Wildman–Crippen LogP) is 3.48. The highest BCUT2D eigenvalue weighted by Gasteiger charge is 2.35. The highest BCUT2D eigenvalue weighted by Crippen LogP contribution is 2.35. The second-order valence-corrected chi connectivity index (χ2v) is 8.43. The molecule has 1 aromatic carbocycles. The fourth-order valence-electron chi connectivity index (χ4n) is 3.79. The number of aromatic nitrogens is 3. The molecule has 1 aromatic heterocycles. The second kappa shape index (κ2) is 11.1. The summed E-state index contributed by atoms with van der Waals surface area (Å²) in [5.74, 6) is 2.41. The predicted molar refractivity (Wildman–Crippen MR) is 131 cm³/mol. The van der Waals surface area contributed by atoms with Crippen molar-refractivity contribution in [2.75, 3.05) is 6.54 Å². The van der Waals surface area contributed by atoms with Crippen molar-refractivity contribution >= 4 is 29.9 Å². The van der Waals surface area contributed by atoms with Crippen molar-refractivity contribution in [3.63, 3.8) is 0 Å². The van der Waals surface area contributed by atoms with Gasteiger partial charge < -0.3 is 20.3 Å².